The van der Waals surface area contributed by atoms with E-state index in [1.807, 2.05) is 0 Å². The Balaban J connectivity index is 0.000000187. The minimum Gasteiger partial charge on any atom is -0.300 e. The molecule has 1 saturated carbocycles. The predicted molar refractivity (Wildman–Crippen MR) is 28.4 cm³/mol. The van der Waals surface area contributed by atoms with Gasteiger partial charge in [0.15, 0.2) is 0 Å². The molecule has 0 heterocycles. The molecule has 0 radical (unpaired) electrons. The molecule has 0 aliphatic heterocycles. The number of carbonyl (C=O) groups excluding carboxylic acids is 3. The number of hydrogen-bond donors (Lipinski definition) is 0. The van der Waals surface area contributed by atoms with Crippen molar-refractivity contribution in [2.24, 2.45) is 5.92 Å². The smallest absolute Gasteiger partial charge is 0.300 e. The lowest BCUT2D eigenvalue weighted by atomic mass is 9.86. The van der Waals surface area contributed by atoms with Crippen molar-refractivity contribution in [3.05, 3.63) is 0 Å². The molecule has 0 N–H and O–H groups in total. The molecular formula is C6H8O3. The van der Waals surface area contributed by atoms with Crippen molar-refractivity contribution in [1.82, 2.24) is 0 Å². The fourth-order valence-electron chi connectivity index (χ4n) is 0.718. The van der Waals surface area contributed by atoms with E-state index < -0.39 is 0 Å². The zero-order valence-corrected chi connectivity index (χ0v) is 5.22. The van der Waals surface area contributed by atoms with Gasteiger partial charge in [0, 0.05) is 12.8 Å². The largest absolute Gasteiger partial charge is 0.373 e. The number of Topliss-reactive ketones (excluding diaryl/α,β-unsaturated/α-hetero) is 1. The molecule has 0 aromatic heterocycles. The van der Waals surface area contributed by atoms with E-state index in [4.69, 9.17) is 9.59 Å². The third kappa shape index (κ3) is 3.62. The molecule has 0 atom stereocenters. The van der Waals surface area contributed by atoms with Crippen molar-refractivity contribution in [3.63, 3.8) is 0 Å². The van der Waals surface area contributed by atoms with E-state index in [9.17, 15) is 4.79 Å². The molecular weight excluding hydrogens is 120 g/mol. The summed E-state index contributed by atoms with van der Waals surface area (Å²) in [5, 5.41) is 0. The first-order valence-electron chi connectivity index (χ1n) is 2.71. The van der Waals surface area contributed by atoms with Crippen LogP contribution in [-0.4, -0.2) is 11.9 Å². The first-order valence-corrected chi connectivity index (χ1v) is 2.71. The molecule has 3 nitrogen and oxygen atoms in total. The summed E-state index contributed by atoms with van der Waals surface area (Å²) in [6.45, 7) is 2.10. The summed E-state index contributed by atoms with van der Waals surface area (Å²) in [5.74, 6) is 1.13. The van der Waals surface area contributed by atoms with Gasteiger partial charge in [-0.15, -0.1) is 0 Å². The summed E-state index contributed by atoms with van der Waals surface area (Å²) < 4.78 is 0. The molecule has 0 unspecified atom stereocenters. The van der Waals surface area contributed by atoms with Crippen LogP contribution in [0.15, 0.2) is 0 Å². The number of hydrogen-bond acceptors (Lipinski definition) is 3. The highest BCUT2D eigenvalue weighted by Gasteiger charge is 2.20. The lowest BCUT2D eigenvalue weighted by molar-refractivity contribution is -0.191. The second kappa shape index (κ2) is 3.98. The van der Waals surface area contributed by atoms with Gasteiger partial charge in [0.25, 0.3) is 0 Å². The zero-order chi connectivity index (χ0) is 7.28. The maximum Gasteiger partial charge on any atom is 0.373 e. The van der Waals surface area contributed by atoms with Crippen LogP contribution < -0.4 is 0 Å². The molecule has 1 aliphatic rings. The van der Waals surface area contributed by atoms with Crippen molar-refractivity contribution in [1.29, 1.82) is 0 Å². The van der Waals surface area contributed by atoms with Crippen LogP contribution in [0.4, 0.5) is 0 Å². The van der Waals surface area contributed by atoms with Crippen molar-refractivity contribution < 1.29 is 14.4 Å². The molecule has 50 valence electrons. The summed E-state index contributed by atoms with van der Waals surface area (Å²) in [4.78, 5) is 26.4. The van der Waals surface area contributed by atoms with Gasteiger partial charge in [-0.25, -0.2) is 0 Å². The van der Waals surface area contributed by atoms with Crippen molar-refractivity contribution in [2.45, 2.75) is 19.8 Å². The van der Waals surface area contributed by atoms with E-state index in [1.54, 1.807) is 0 Å². The molecule has 0 amide bonds. The van der Waals surface area contributed by atoms with Crippen LogP contribution in [0.1, 0.15) is 19.8 Å². The van der Waals surface area contributed by atoms with Gasteiger partial charge in [-0.05, 0) is 5.92 Å². The van der Waals surface area contributed by atoms with Crippen molar-refractivity contribution >= 4 is 11.9 Å². The van der Waals surface area contributed by atoms with Crippen LogP contribution in [0.5, 0.6) is 0 Å². The number of ketones is 1. The third-order valence-corrected chi connectivity index (χ3v) is 1.15. The Morgan fingerprint density at radius 2 is 1.78 bits per heavy atom. The molecule has 3 heteroatoms. The normalized spacial score (nSPS) is 16.8. The highest BCUT2D eigenvalue weighted by Crippen LogP contribution is 2.20. The maximum absolute atomic E-state index is 10.1. The second-order valence-electron chi connectivity index (χ2n) is 2.14. The highest BCUT2D eigenvalue weighted by atomic mass is 16.2. The van der Waals surface area contributed by atoms with E-state index >= 15 is 0 Å². The van der Waals surface area contributed by atoms with Gasteiger partial charge in [0.2, 0.25) is 0 Å². The molecule has 0 aromatic carbocycles. The van der Waals surface area contributed by atoms with Crippen LogP contribution in [0.25, 0.3) is 0 Å². The Morgan fingerprint density at radius 1 is 1.44 bits per heavy atom. The van der Waals surface area contributed by atoms with Crippen LogP contribution >= 0.6 is 0 Å². The van der Waals surface area contributed by atoms with Gasteiger partial charge >= 0.3 is 6.15 Å². The minimum absolute atomic E-state index is 0.250. The highest BCUT2D eigenvalue weighted by molar-refractivity contribution is 5.84. The third-order valence-electron chi connectivity index (χ3n) is 1.15. The van der Waals surface area contributed by atoms with Gasteiger partial charge in [-0.1, -0.05) is 6.92 Å². The summed E-state index contributed by atoms with van der Waals surface area (Å²) in [5.41, 5.74) is 0. The van der Waals surface area contributed by atoms with Gasteiger partial charge in [-0.3, -0.25) is 4.79 Å². The van der Waals surface area contributed by atoms with Gasteiger partial charge in [-0.2, -0.15) is 9.59 Å². The summed E-state index contributed by atoms with van der Waals surface area (Å²) in [7, 11) is 0. The SMILES string of the molecule is CC1CC(=O)C1.O=C=O. The van der Waals surface area contributed by atoms with Crippen LogP contribution in [0.3, 0.4) is 0 Å². The topological polar surface area (TPSA) is 51.2 Å². The Morgan fingerprint density at radius 3 is 1.78 bits per heavy atom. The molecule has 1 aliphatic carbocycles. The lowest BCUT2D eigenvalue weighted by Crippen LogP contribution is -2.19. The number of carbonyl (C=O) groups is 1. The van der Waals surface area contributed by atoms with E-state index in [-0.39, 0.29) is 6.15 Å². The second-order valence-corrected chi connectivity index (χ2v) is 2.14. The molecule has 0 saturated heterocycles. The van der Waals surface area contributed by atoms with E-state index in [0.717, 1.165) is 12.8 Å². The van der Waals surface area contributed by atoms with Crippen LogP contribution in [0.2, 0.25) is 0 Å². The molecule has 1 rings (SSSR count). The first-order chi connectivity index (χ1) is 4.20. The predicted octanol–water partition coefficient (Wildman–Crippen LogP) is 0.402. The fourth-order valence-corrected chi connectivity index (χ4v) is 0.718. The molecule has 0 spiro atoms. The monoisotopic (exact) mass is 128 g/mol. The lowest BCUT2D eigenvalue weighted by Gasteiger charge is -2.17. The molecule has 1 fully saturated rings. The summed E-state index contributed by atoms with van der Waals surface area (Å²) >= 11 is 0. The van der Waals surface area contributed by atoms with Gasteiger partial charge in [0.1, 0.15) is 5.78 Å². The Kier molecular flexibility index (Phi) is 3.56. The van der Waals surface area contributed by atoms with Gasteiger partial charge in [0.05, 0.1) is 0 Å². The minimum atomic E-state index is 0.250. The Labute approximate surface area is 53.0 Å². The quantitative estimate of drug-likeness (QED) is 0.474. The first kappa shape index (κ1) is 8.05. The van der Waals surface area contributed by atoms with Gasteiger partial charge < -0.3 is 0 Å². The van der Waals surface area contributed by atoms with Crippen LogP contribution in [0, 0.1) is 5.92 Å². The maximum atomic E-state index is 10.1. The molecule has 9 heavy (non-hydrogen) atoms. The molecule has 0 aromatic rings. The Bertz CT molecular complexity index is 125. The fraction of sp³-hybridized carbons (Fsp3) is 0.667. The van der Waals surface area contributed by atoms with E-state index in [2.05, 4.69) is 6.92 Å². The summed E-state index contributed by atoms with van der Waals surface area (Å²) in [6, 6.07) is 0. The van der Waals surface area contributed by atoms with Crippen molar-refractivity contribution in [2.75, 3.05) is 0 Å². The molecule has 0 bridgehead atoms. The summed E-state index contributed by atoms with van der Waals surface area (Å²) in [6.07, 6.45) is 1.92. The van der Waals surface area contributed by atoms with E-state index in [1.165, 1.54) is 0 Å². The number of rotatable bonds is 0. The average molecular weight is 128 g/mol. The van der Waals surface area contributed by atoms with E-state index in [0.29, 0.717) is 11.7 Å². The van der Waals surface area contributed by atoms with Crippen LogP contribution in [-0.2, 0) is 14.4 Å². The Hall–Kier alpha value is -0.950. The standard InChI is InChI=1S/C5H8O.CO2/c1-4-2-5(6)3-4;2-1-3/h4H,2-3H2,1H3;. The zero-order valence-electron chi connectivity index (χ0n) is 5.22. The van der Waals surface area contributed by atoms with Crippen molar-refractivity contribution in [3.8, 4) is 0 Å². The average Bonchev–Trinajstić information content (AvgIpc) is 1.65.